The maximum Gasteiger partial charge on any atom is 0.317 e. The molecule has 1 aromatic carbocycles. The second-order valence-corrected chi connectivity index (χ2v) is 7.10. The molecule has 1 atom stereocenters. The number of hydrogen-bond donors (Lipinski definition) is 2. The first-order valence-electron chi connectivity index (χ1n) is 8.33. The Labute approximate surface area is 150 Å². The van der Waals surface area contributed by atoms with Crippen LogP contribution in [0.4, 0.5) is 4.79 Å². The van der Waals surface area contributed by atoms with E-state index in [0.29, 0.717) is 25.9 Å². The first kappa shape index (κ1) is 17.4. The van der Waals surface area contributed by atoms with E-state index in [-0.39, 0.29) is 18.0 Å². The zero-order chi connectivity index (χ0) is 17.8. The Hall–Kier alpha value is -2.41. The van der Waals surface area contributed by atoms with Gasteiger partial charge < -0.3 is 15.3 Å². The molecule has 2 aromatic rings. The molecule has 0 saturated carbocycles. The monoisotopic (exact) mass is 359 g/mol. The minimum atomic E-state index is -0.773. The van der Waals surface area contributed by atoms with Gasteiger partial charge in [-0.25, -0.2) is 9.78 Å². The number of thiazole rings is 1. The van der Waals surface area contributed by atoms with Gasteiger partial charge in [0.1, 0.15) is 5.01 Å². The molecular weight excluding hydrogens is 338 g/mol. The number of nitrogens with one attached hydrogen (secondary N) is 1. The van der Waals surface area contributed by atoms with Crippen molar-refractivity contribution in [3.8, 4) is 11.3 Å². The van der Waals surface area contributed by atoms with E-state index in [9.17, 15) is 9.59 Å². The molecule has 132 valence electrons. The second-order valence-electron chi connectivity index (χ2n) is 6.21. The molecule has 3 rings (SSSR count). The van der Waals surface area contributed by atoms with Crippen LogP contribution in [0.2, 0.25) is 0 Å². The predicted molar refractivity (Wildman–Crippen MR) is 96.4 cm³/mol. The summed E-state index contributed by atoms with van der Waals surface area (Å²) in [4.78, 5) is 29.7. The molecule has 1 unspecified atom stereocenters. The molecule has 1 fully saturated rings. The lowest BCUT2D eigenvalue weighted by atomic mass is 9.97. The highest BCUT2D eigenvalue weighted by Gasteiger charge is 2.27. The number of benzene rings is 1. The summed E-state index contributed by atoms with van der Waals surface area (Å²) < 4.78 is 0. The molecule has 0 radical (unpaired) electrons. The highest BCUT2D eigenvalue weighted by Crippen LogP contribution is 2.25. The van der Waals surface area contributed by atoms with E-state index >= 15 is 0 Å². The van der Waals surface area contributed by atoms with Crippen molar-refractivity contribution < 1.29 is 14.7 Å². The third kappa shape index (κ3) is 4.17. The van der Waals surface area contributed by atoms with Crippen molar-refractivity contribution in [3.63, 3.8) is 0 Å². The largest absolute Gasteiger partial charge is 0.481 e. The Morgan fingerprint density at radius 3 is 2.60 bits per heavy atom. The van der Waals surface area contributed by atoms with Gasteiger partial charge in [-0.3, -0.25) is 4.79 Å². The minimum Gasteiger partial charge on any atom is -0.481 e. The SMILES string of the molecule is CC(NC(=O)N1CCC(C(=O)O)CC1)c1nc(-c2ccccc2)cs1. The number of rotatable bonds is 4. The lowest BCUT2D eigenvalue weighted by Gasteiger charge is -2.31. The summed E-state index contributed by atoms with van der Waals surface area (Å²) in [6.07, 6.45) is 1.01. The summed E-state index contributed by atoms with van der Waals surface area (Å²) in [7, 11) is 0. The van der Waals surface area contributed by atoms with E-state index in [1.54, 1.807) is 4.90 Å². The maximum atomic E-state index is 12.4. The number of carboxylic acids is 1. The highest BCUT2D eigenvalue weighted by molar-refractivity contribution is 7.10. The van der Waals surface area contributed by atoms with Crippen molar-refractivity contribution in [2.75, 3.05) is 13.1 Å². The number of piperidine rings is 1. The predicted octanol–water partition coefficient (Wildman–Crippen LogP) is 3.38. The van der Waals surface area contributed by atoms with Crippen LogP contribution in [0.25, 0.3) is 11.3 Å². The average molecular weight is 359 g/mol. The molecule has 1 aromatic heterocycles. The van der Waals surface area contributed by atoms with Crippen molar-refractivity contribution in [1.82, 2.24) is 15.2 Å². The van der Waals surface area contributed by atoms with Gasteiger partial charge in [0.25, 0.3) is 0 Å². The summed E-state index contributed by atoms with van der Waals surface area (Å²) in [6.45, 7) is 2.86. The molecule has 0 bridgehead atoms. The number of aromatic nitrogens is 1. The van der Waals surface area contributed by atoms with Crippen LogP contribution in [-0.2, 0) is 4.79 Å². The van der Waals surface area contributed by atoms with Crippen LogP contribution in [0.1, 0.15) is 30.8 Å². The van der Waals surface area contributed by atoms with Gasteiger partial charge in [-0.1, -0.05) is 30.3 Å². The molecule has 25 heavy (non-hydrogen) atoms. The average Bonchev–Trinajstić information content (AvgIpc) is 3.13. The Morgan fingerprint density at radius 2 is 1.96 bits per heavy atom. The zero-order valence-electron chi connectivity index (χ0n) is 14.0. The molecule has 2 amide bonds. The van der Waals surface area contributed by atoms with E-state index in [1.165, 1.54) is 11.3 Å². The van der Waals surface area contributed by atoms with Crippen LogP contribution in [0.5, 0.6) is 0 Å². The van der Waals surface area contributed by atoms with Crippen LogP contribution in [-0.4, -0.2) is 40.1 Å². The molecule has 1 aliphatic rings. The van der Waals surface area contributed by atoms with Crippen molar-refractivity contribution in [3.05, 3.63) is 40.7 Å². The molecule has 7 heteroatoms. The molecule has 1 saturated heterocycles. The Morgan fingerprint density at radius 1 is 1.28 bits per heavy atom. The van der Waals surface area contributed by atoms with Gasteiger partial charge in [0.05, 0.1) is 17.7 Å². The van der Waals surface area contributed by atoms with E-state index in [0.717, 1.165) is 16.3 Å². The van der Waals surface area contributed by atoms with Gasteiger partial charge in [0.2, 0.25) is 0 Å². The van der Waals surface area contributed by atoms with Crippen LogP contribution in [0, 0.1) is 5.92 Å². The summed E-state index contributed by atoms with van der Waals surface area (Å²) in [5.74, 6) is -1.11. The van der Waals surface area contributed by atoms with E-state index in [1.807, 2.05) is 42.6 Å². The molecule has 2 heterocycles. The topological polar surface area (TPSA) is 82.5 Å². The standard InChI is InChI=1S/C18H21N3O3S/c1-12(16-20-15(11-25-16)13-5-3-2-4-6-13)19-18(24)21-9-7-14(8-10-21)17(22)23/h2-6,11-12,14H,7-10H2,1H3,(H,19,24)(H,22,23). The smallest absolute Gasteiger partial charge is 0.317 e. The van der Waals surface area contributed by atoms with E-state index in [4.69, 9.17) is 5.11 Å². The fourth-order valence-electron chi connectivity index (χ4n) is 2.90. The van der Waals surface area contributed by atoms with E-state index in [2.05, 4.69) is 10.3 Å². The summed E-state index contributed by atoms with van der Waals surface area (Å²) in [6, 6.07) is 9.58. The number of hydrogen-bond acceptors (Lipinski definition) is 4. The zero-order valence-corrected chi connectivity index (χ0v) is 14.8. The van der Waals surface area contributed by atoms with Gasteiger partial charge in [-0.05, 0) is 19.8 Å². The Kier molecular flexibility index (Phi) is 5.33. The molecule has 2 N–H and O–H groups in total. The molecule has 1 aliphatic heterocycles. The van der Waals surface area contributed by atoms with E-state index < -0.39 is 5.97 Å². The number of amides is 2. The normalized spacial score (nSPS) is 16.4. The number of likely N-dealkylation sites (tertiary alicyclic amines) is 1. The van der Waals surface area contributed by atoms with Crippen LogP contribution < -0.4 is 5.32 Å². The quantitative estimate of drug-likeness (QED) is 0.877. The molecule has 6 nitrogen and oxygen atoms in total. The second kappa shape index (κ2) is 7.65. The van der Waals surface area contributed by atoms with Crippen LogP contribution in [0.3, 0.4) is 0 Å². The third-order valence-electron chi connectivity index (χ3n) is 4.43. The molecule has 0 aliphatic carbocycles. The summed E-state index contributed by atoms with van der Waals surface area (Å²) in [5, 5.41) is 14.8. The Bertz CT molecular complexity index is 739. The van der Waals surface area contributed by atoms with Crippen molar-refractivity contribution in [2.24, 2.45) is 5.92 Å². The van der Waals surface area contributed by atoms with Gasteiger partial charge in [-0.2, -0.15) is 0 Å². The van der Waals surface area contributed by atoms with Gasteiger partial charge >= 0.3 is 12.0 Å². The first-order chi connectivity index (χ1) is 12.0. The summed E-state index contributed by atoms with van der Waals surface area (Å²) in [5.41, 5.74) is 1.96. The van der Waals surface area contributed by atoms with Gasteiger partial charge in [0.15, 0.2) is 0 Å². The van der Waals surface area contributed by atoms with Gasteiger partial charge in [0, 0.05) is 24.0 Å². The number of carboxylic acid groups (broad SMARTS) is 1. The number of carbonyl (C=O) groups excluding carboxylic acids is 1. The first-order valence-corrected chi connectivity index (χ1v) is 9.21. The fourth-order valence-corrected chi connectivity index (χ4v) is 3.73. The third-order valence-corrected chi connectivity index (χ3v) is 5.46. The number of urea groups is 1. The lowest BCUT2D eigenvalue weighted by molar-refractivity contribution is -0.143. The van der Waals surface area contributed by atoms with Crippen LogP contribution >= 0.6 is 11.3 Å². The number of carbonyl (C=O) groups is 2. The molecule has 0 spiro atoms. The summed E-state index contributed by atoms with van der Waals surface area (Å²) >= 11 is 1.52. The number of nitrogens with zero attached hydrogens (tertiary/aromatic N) is 2. The molecular formula is C18H21N3O3S. The van der Waals surface area contributed by atoms with Crippen molar-refractivity contribution in [1.29, 1.82) is 0 Å². The lowest BCUT2D eigenvalue weighted by Crippen LogP contribution is -2.46. The van der Waals surface area contributed by atoms with Crippen molar-refractivity contribution >= 4 is 23.3 Å². The van der Waals surface area contributed by atoms with Crippen molar-refractivity contribution in [2.45, 2.75) is 25.8 Å². The highest BCUT2D eigenvalue weighted by atomic mass is 32.1. The minimum absolute atomic E-state index is 0.159. The fraction of sp³-hybridized carbons (Fsp3) is 0.389. The number of aliphatic carboxylic acids is 1. The maximum absolute atomic E-state index is 12.4. The van der Waals surface area contributed by atoms with Crippen LogP contribution in [0.15, 0.2) is 35.7 Å². The Balaban J connectivity index is 1.57. The van der Waals surface area contributed by atoms with Gasteiger partial charge in [-0.15, -0.1) is 11.3 Å².